The third kappa shape index (κ3) is 3.97. The van der Waals surface area contributed by atoms with Crippen LogP contribution in [0.2, 0.25) is 0 Å². The molecule has 0 heterocycles. The summed E-state index contributed by atoms with van der Waals surface area (Å²) in [5.41, 5.74) is 1.10. The van der Waals surface area contributed by atoms with Gasteiger partial charge in [-0.2, -0.15) is 0 Å². The molecule has 2 fully saturated rings. The molecule has 0 radical (unpaired) electrons. The van der Waals surface area contributed by atoms with Gasteiger partial charge in [-0.05, 0) is 55.3 Å². The quantitative estimate of drug-likeness (QED) is 0.821. The van der Waals surface area contributed by atoms with E-state index in [1.807, 2.05) is 6.07 Å². The summed E-state index contributed by atoms with van der Waals surface area (Å²) in [6.45, 7) is 1.09. The number of benzene rings is 1. The molecule has 0 amide bonds. The molecule has 1 atom stereocenters. The highest BCUT2D eigenvalue weighted by Crippen LogP contribution is 2.34. The molecule has 1 unspecified atom stereocenters. The summed E-state index contributed by atoms with van der Waals surface area (Å²) in [5.74, 6) is 1.55. The van der Waals surface area contributed by atoms with Gasteiger partial charge in [0.15, 0.2) is 11.6 Å². The fraction of sp³-hybridized carbons (Fsp3) is 0.667. The number of methoxy groups -OCH3 is 1. The lowest BCUT2D eigenvalue weighted by Gasteiger charge is -2.24. The van der Waals surface area contributed by atoms with Gasteiger partial charge in [0.05, 0.1) is 7.11 Å². The molecule has 0 saturated heterocycles. The smallest absolute Gasteiger partial charge is 0.165 e. The summed E-state index contributed by atoms with van der Waals surface area (Å²) in [6, 6.07) is 6.17. The second kappa shape index (κ2) is 6.78. The third-order valence-corrected chi connectivity index (χ3v) is 5.03. The van der Waals surface area contributed by atoms with Gasteiger partial charge in [0.25, 0.3) is 0 Å². The predicted octanol–water partition coefficient (Wildman–Crippen LogP) is 3.94. The van der Waals surface area contributed by atoms with Crippen LogP contribution in [0.1, 0.15) is 44.1 Å². The lowest BCUT2D eigenvalue weighted by Crippen LogP contribution is -2.30. The van der Waals surface area contributed by atoms with Crippen LogP contribution in [0.25, 0.3) is 0 Å². The average molecular weight is 291 g/mol. The minimum absolute atomic E-state index is 0.240. The predicted molar refractivity (Wildman–Crippen MR) is 83.1 cm³/mol. The van der Waals surface area contributed by atoms with E-state index in [1.54, 1.807) is 12.1 Å². The van der Waals surface area contributed by atoms with Crippen LogP contribution in [-0.4, -0.2) is 19.7 Å². The van der Waals surface area contributed by atoms with Gasteiger partial charge in [-0.15, -0.1) is 0 Å². The second-order valence-corrected chi connectivity index (χ2v) is 6.66. The Labute approximate surface area is 127 Å². The zero-order valence-electron chi connectivity index (χ0n) is 12.9. The monoisotopic (exact) mass is 291 g/mol. The molecule has 21 heavy (non-hydrogen) atoms. The number of halogens is 1. The maximum absolute atomic E-state index is 13.9. The highest BCUT2D eigenvalue weighted by Gasteiger charge is 2.28. The Morgan fingerprint density at radius 3 is 2.62 bits per heavy atom. The number of hydrogen-bond acceptors (Lipinski definition) is 2. The van der Waals surface area contributed by atoms with E-state index >= 15 is 0 Å². The molecule has 2 aliphatic carbocycles. The summed E-state index contributed by atoms with van der Waals surface area (Å²) >= 11 is 0. The third-order valence-electron chi connectivity index (χ3n) is 5.03. The molecule has 2 nitrogen and oxygen atoms in total. The van der Waals surface area contributed by atoms with Gasteiger partial charge in [0.1, 0.15) is 0 Å². The summed E-state index contributed by atoms with van der Waals surface area (Å²) < 4.78 is 18.9. The number of hydrogen-bond donors (Lipinski definition) is 1. The molecule has 0 aliphatic heterocycles. The van der Waals surface area contributed by atoms with Crippen molar-refractivity contribution in [2.24, 2.45) is 11.8 Å². The summed E-state index contributed by atoms with van der Waals surface area (Å²) in [6.07, 6.45) is 9.04. The highest BCUT2D eigenvalue weighted by molar-refractivity contribution is 5.29. The van der Waals surface area contributed by atoms with Crippen molar-refractivity contribution in [2.75, 3.05) is 13.7 Å². The van der Waals surface area contributed by atoms with Crippen LogP contribution in [0.15, 0.2) is 18.2 Å². The minimum atomic E-state index is -0.240. The second-order valence-electron chi connectivity index (χ2n) is 6.66. The first-order chi connectivity index (χ1) is 10.3. The van der Waals surface area contributed by atoms with Crippen LogP contribution in [-0.2, 0) is 6.42 Å². The number of rotatable bonds is 7. The van der Waals surface area contributed by atoms with Crippen molar-refractivity contribution < 1.29 is 9.13 Å². The van der Waals surface area contributed by atoms with Crippen molar-refractivity contribution >= 4 is 0 Å². The Hall–Kier alpha value is -1.09. The van der Waals surface area contributed by atoms with Gasteiger partial charge >= 0.3 is 0 Å². The van der Waals surface area contributed by atoms with Gasteiger partial charge in [0, 0.05) is 6.04 Å². The normalized spacial score (nSPS) is 20.7. The van der Waals surface area contributed by atoms with Crippen molar-refractivity contribution in [2.45, 2.75) is 51.0 Å². The van der Waals surface area contributed by atoms with E-state index in [0.29, 0.717) is 11.7 Å². The molecular weight excluding hydrogens is 265 g/mol. The molecular formula is C18H26FNO. The molecule has 3 rings (SSSR count). The fourth-order valence-electron chi connectivity index (χ4n) is 3.58. The van der Waals surface area contributed by atoms with E-state index in [2.05, 4.69) is 5.32 Å². The lowest BCUT2D eigenvalue weighted by atomic mass is 9.85. The van der Waals surface area contributed by atoms with Crippen LogP contribution >= 0.6 is 0 Å². The van der Waals surface area contributed by atoms with Crippen LogP contribution in [0.3, 0.4) is 0 Å². The van der Waals surface area contributed by atoms with E-state index in [1.165, 1.54) is 45.6 Å². The Morgan fingerprint density at radius 1 is 1.24 bits per heavy atom. The molecule has 2 aliphatic rings. The zero-order valence-corrected chi connectivity index (χ0v) is 12.9. The van der Waals surface area contributed by atoms with Gasteiger partial charge < -0.3 is 10.1 Å². The average Bonchev–Trinajstić information content (AvgIpc) is 3.15. The molecule has 1 aromatic carbocycles. The standard InChI is InChI=1S/C18H26FNO/c1-21-18-9-6-13(11-17(18)19)10-15(12-20-16-7-8-16)14-4-2-3-5-14/h6,9,11,14-16,20H,2-5,7-8,10,12H2,1H3. The first kappa shape index (κ1) is 14.8. The Morgan fingerprint density at radius 2 is 2.00 bits per heavy atom. The van der Waals surface area contributed by atoms with Crippen molar-refractivity contribution in [3.63, 3.8) is 0 Å². The fourth-order valence-corrected chi connectivity index (χ4v) is 3.58. The van der Waals surface area contributed by atoms with E-state index in [-0.39, 0.29) is 5.82 Å². The van der Waals surface area contributed by atoms with E-state index in [9.17, 15) is 4.39 Å². The molecule has 116 valence electrons. The number of ether oxygens (including phenoxy) is 1. The maximum atomic E-state index is 13.9. The van der Waals surface area contributed by atoms with Crippen LogP contribution in [0.5, 0.6) is 5.75 Å². The zero-order chi connectivity index (χ0) is 14.7. The molecule has 1 aromatic rings. The number of nitrogens with one attached hydrogen (secondary N) is 1. The Bertz CT molecular complexity index is 466. The molecule has 2 saturated carbocycles. The van der Waals surface area contributed by atoms with Gasteiger partial charge in [0.2, 0.25) is 0 Å². The largest absolute Gasteiger partial charge is 0.494 e. The summed E-state index contributed by atoms with van der Waals surface area (Å²) in [4.78, 5) is 0. The van der Waals surface area contributed by atoms with Crippen molar-refractivity contribution in [3.8, 4) is 5.75 Å². The minimum Gasteiger partial charge on any atom is -0.494 e. The van der Waals surface area contributed by atoms with Gasteiger partial charge in [-0.1, -0.05) is 31.7 Å². The molecule has 1 N–H and O–H groups in total. The summed E-state index contributed by atoms with van der Waals surface area (Å²) in [5, 5.41) is 3.67. The van der Waals surface area contributed by atoms with Crippen LogP contribution < -0.4 is 10.1 Å². The van der Waals surface area contributed by atoms with Crippen LogP contribution in [0, 0.1) is 17.7 Å². The first-order valence-corrected chi connectivity index (χ1v) is 8.32. The topological polar surface area (TPSA) is 21.3 Å². The molecule has 0 bridgehead atoms. The molecule has 0 spiro atoms. The lowest BCUT2D eigenvalue weighted by molar-refractivity contribution is 0.319. The van der Waals surface area contributed by atoms with Gasteiger partial charge in [-0.3, -0.25) is 0 Å². The van der Waals surface area contributed by atoms with E-state index in [4.69, 9.17) is 4.74 Å². The van der Waals surface area contributed by atoms with Crippen LogP contribution in [0.4, 0.5) is 4.39 Å². The highest BCUT2D eigenvalue weighted by atomic mass is 19.1. The molecule has 0 aromatic heterocycles. The molecule has 3 heteroatoms. The Kier molecular flexibility index (Phi) is 4.79. The van der Waals surface area contributed by atoms with Crippen molar-refractivity contribution in [1.82, 2.24) is 5.32 Å². The summed E-state index contributed by atoms with van der Waals surface area (Å²) in [7, 11) is 1.51. The maximum Gasteiger partial charge on any atom is 0.165 e. The van der Waals surface area contributed by atoms with Crippen molar-refractivity contribution in [1.29, 1.82) is 0 Å². The van der Waals surface area contributed by atoms with Crippen molar-refractivity contribution in [3.05, 3.63) is 29.6 Å². The van der Waals surface area contributed by atoms with E-state index in [0.717, 1.165) is 30.5 Å². The Balaban J connectivity index is 1.65. The SMILES string of the molecule is COc1ccc(CC(CNC2CC2)C2CCCC2)cc1F. The van der Waals surface area contributed by atoms with Gasteiger partial charge in [-0.25, -0.2) is 4.39 Å². The van der Waals surface area contributed by atoms with E-state index < -0.39 is 0 Å². The first-order valence-electron chi connectivity index (χ1n) is 8.32.